The van der Waals surface area contributed by atoms with Crippen molar-refractivity contribution in [1.82, 2.24) is 0 Å². The van der Waals surface area contributed by atoms with Gasteiger partial charge in [-0.2, -0.15) is 0 Å². The number of aryl methyl sites for hydroxylation is 1. The van der Waals surface area contributed by atoms with Crippen molar-refractivity contribution in [2.45, 2.75) is 23.8 Å². The Morgan fingerprint density at radius 1 is 1.26 bits per heavy atom. The normalized spacial score (nSPS) is 13.4. The zero-order valence-corrected chi connectivity index (χ0v) is 12.2. The molecule has 3 nitrogen and oxygen atoms in total. The summed E-state index contributed by atoms with van der Waals surface area (Å²) in [5.74, 6) is 0. The van der Waals surface area contributed by atoms with E-state index in [1.165, 1.54) is 11.1 Å². The molecule has 0 fully saturated rings. The fourth-order valence-electron chi connectivity index (χ4n) is 1.85. The molecule has 0 saturated heterocycles. The Hall–Kier alpha value is -1.17. The first-order chi connectivity index (χ1) is 8.97. The van der Waals surface area contributed by atoms with Gasteiger partial charge in [-0.15, -0.1) is 11.3 Å². The predicted molar refractivity (Wildman–Crippen MR) is 77.2 cm³/mol. The third-order valence-electron chi connectivity index (χ3n) is 2.92. The lowest BCUT2D eigenvalue weighted by atomic mass is 10.0. The smallest absolute Gasteiger partial charge is 0.175 e. The quantitative estimate of drug-likeness (QED) is 0.923. The van der Waals surface area contributed by atoms with E-state index in [0.717, 1.165) is 6.42 Å². The van der Waals surface area contributed by atoms with Crippen LogP contribution in [0.25, 0.3) is 0 Å². The largest absolute Gasteiger partial charge is 0.388 e. The van der Waals surface area contributed by atoms with E-state index in [1.807, 2.05) is 17.5 Å². The highest BCUT2D eigenvalue weighted by molar-refractivity contribution is 7.90. The Kier molecular flexibility index (Phi) is 4.39. The lowest BCUT2D eigenvalue weighted by Gasteiger charge is -2.11. The molecule has 2 aromatic rings. The molecule has 102 valence electrons. The second kappa shape index (κ2) is 5.86. The molecule has 5 heteroatoms. The maximum Gasteiger partial charge on any atom is 0.175 e. The number of thiophene rings is 1. The SMILES string of the molecule is CS(=O)(=O)c1cccc(C(O)CCc2cccs2)c1. The number of benzene rings is 1. The molecule has 0 bridgehead atoms. The summed E-state index contributed by atoms with van der Waals surface area (Å²) in [5.41, 5.74) is 0.652. The summed E-state index contributed by atoms with van der Waals surface area (Å²) in [6, 6.07) is 10.5. The van der Waals surface area contributed by atoms with Crippen molar-refractivity contribution in [3.8, 4) is 0 Å². The van der Waals surface area contributed by atoms with Gasteiger partial charge in [0.05, 0.1) is 11.0 Å². The summed E-state index contributed by atoms with van der Waals surface area (Å²) in [7, 11) is -3.23. The van der Waals surface area contributed by atoms with Gasteiger partial charge in [-0.1, -0.05) is 18.2 Å². The van der Waals surface area contributed by atoms with Crippen LogP contribution in [0.4, 0.5) is 0 Å². The molecule has 2 rings (SSSR count). The maximum absolute atomic E-state index is 11.5. The predicted octanol–water partition coefficient (Wildman–Crippen LogP) is 2.82. The second-order valence-corrected chi connectivity index (χ2v) is 7.53. The molecular formula is C14H16O3S2. The third-order valence-corrected chi connectivity index (χ3v) is 4.96. The summed E-state index contributed by atoms with van der Waals surface area (Å²) in [5, 5.41) is 12.1. The highest BCUT2D eigenvalue weighted by atomic mass is 32.2. The van der Waals surface area contributed by atoms with Crippen LogP contribution in [0.3, 0.4) is 0 Å². The molecular weight excluding hydrogens is 280 g/mol. The van der Waals surface area contributed by atoms with Crippen LogP contribution in [0.5, 0.6) is 0 Å². The number of rotatable bonds is 5. The van der Waals surface area contributed by atoms with E-state index in [9.17, 15) is 13.5 Å². The first kappa shape index (κ1) is 14.2. The van der Waals surface area contributed by atoms with Crippen molar-refractivity contribution >= 4 is 21.2 Å². The van der Waals surface area contributed by atoms with Crippen LogP contribution in [-0.4, -0.2) is 19.8 Å². The van der Waals surface area contributed by atoms with Crippen molar-refractivity contribution in [2.75, 3.05) is 6.26 Å². The zero-order chi connectivity index (χ0) is 13.9. The van der Waals surface area contributed by atoms with Crippen molar-refractivity contribution in [3.05, 3.63) is 52.2 Å². The minimum atomic E-state index is -3.23. The Labute approximate surface area is 117 Å². The Bertz CT molecular complexity index is 630. The average molecular weight is 296 g/mol. The van der Waals surface area contributed by atoms with Gasteiger partial charge in [-0.3, -0.25) is 0 Å². The van der Waals surface area contributed by atoms with Crippen LogP contribution < -0.4 is 0 Å². The van der Waals surface area contributed by atoms with E-state index in [0.29, 0.717) is 12.0 Å². The summed E-state index contributed by atoms with van der Waals surface area (Å²) in [6.45, 7) is 0. The van der Waals surface area contributed by atoms with E-state index < -0.39 is 15.9 Å². The lowest BCUT2D eigenvalue weighted by Crippen LogP contribution is -2.02. The van der Waals surface area contributed by atoms with Gasteiger partial charge in [0, 0.05) is 11.1 Å². The molecule has 1 unspecified atom stereocenters. The maximum atomic E-state index is 11.5. The molecule has 1 heterocycles. The van der Waals surface area contributed by atoms with Crippen molar-refractivity contribution in [3.63, 3.8) is 0 Å². The summed E-state index contributed by atoms with van der Waals surface area (Å²) in [6.07, 6.45) is 1.92. The molecule has 0 spiro atoms. The second-order valence-electron chi connectivity index (χ2n) is 4.48. The number of aliphatic hydroxyl groups is 1. The molecule has 1 aromatic carbocycles. The molecule has 0 amide bonds. The average Bonchev–Trinajstić information content (AvgIpc) is 2.88. The van der Waals surface area contributed by atoms with Crippen LogP contribution in [0, 0.1) is 0 Å². The van der Waals surface area contributed by atoms with E-state index in [4.69, 9.17) is 0 Å². The molecule has 1 N–H and O–H groups in total. The van der Waals surface area contributed by atoms with Crippen LogP contribution in [0.1, 0.15) is 23.0 Å². The summed E-state index contributed by atoms with van der Waals surface area (Å²) in [4.78, 5) is 1.47. The molecule has 1 atom stereocenters. The zero-order valence-electron chi connectivity index (χ0n) is 10.6. The lowest BCUT2D eigenvalue weighted by molar-refractivity contribution is 0.168. The van der Waals surface area contributed by atoms with Gasteiger partial charge in [0.1, 0.15) is 0 Å². The number of sulfone groups is 1. The van der Waals surface area contributed by atoms with Gasteiger partial charge >= 0.3 is 0 Å². The highest BCUT2D eigenvalue weighted by Gasteiger charge is 2.12. The molecule has 0 aliphatic rings. The summed E-state index contributed by atoms with van der Waals surface area (Å²) >= 11 is 1.66. The first-order valence-corrected chi connectivity index (χ1v) is 8.74. The first-order valence-electron chi connectivity index (χ1n) is 5.97. The highest BCUT2D eigenvalue weighted by Crippen LogP contribution is 2.23. The fraction of sp³-hybridized carbons (Fsp3) is 0.286. The fourth-order valence-corrected chi connectivity index (χ4v) is 3.25. The Balaban J connectivity index is 2.09. The van der Waals surface area contributed by atoms with Gasteiger partial charge in [0.25, 0.3) is 0 Å². The minimum Gasteiger partial charge on any atom is -0.388 e. The van der Waals surface area contributed by atoms with E-state index in [1.54, 1.807) is 35.6 Å². The monoisotopic (exact) mass is 296 g/mol. The topological polar surface area (TPSA) is 54.4 Å². The Morgan fingerprint density at radius 3 is 2.68 bits per heavy atom. The van der Waals surface area contributed by atoms with Gasteiger partial charge in [-0.05, 0) is 42.0 Å². The molecule has 19 heavy (non-hydrogen) atoms. The standard InChI is InChI=1S/C14H16O3S2/c1-19(16,17)13-6-2-4-11(10-13)14(15)8-7-12-5-3-9-18-12/h2-6,9-10,14-15H,7-8H2,1H3. The van der Waals surface area contributed by atoms with E-state index in [-0.39, 0.29) is 4.90 Å². The number of hydrogen-bond donors (Lipinski definition) is 1. The van der Waals surface area contributed by atoms with Gasteiger partial charge < -0.3 is 5.11 Å². The van der Waals surface area contributed by atoms with E-state index in [2.05, 4.69) is 0 Å². The van der Waals surface area contributed by atoms with Crippen LogP contribution in [0.15, 0.2) is 46.7 Å². The van der Waals surface area contributed by atoms with Crippen molar-refractivity contribution < 1.29 is 13.5 Å². The summed E-state index contributed by atoms with van der Waals surface area (Å²) < 4.78 is 22.9. The minimum absolute atomic E-state index is 0.250. The molecule has 1 aromatic heterocycles. The molecule has 0 aliphatic carbocycles. The van der Waals surface area contributed by atoms with Crippen molar-refractivity contribution in [1.29, 1.82) is 0 Å². The van der Waals surface area contributed by atoms with Crippen LogP contribution in [-0.2, 0) is 16.3 Å². The number of hydrogen-bond acceptors (Lipinski definition) is 4. The third kappa shape index (κ3) is 3.89. The van der Waals surface area contributed by atoms with Gasteiger partial charge in [0.15, 0.2) is 9.84 Å². The number of aliphatic hydroxyl groups excluding tert-OH is 1. The molecule has 0 aliphatic heterocycles. The Morgan fingerprint density at radius 2 is 2.05 bits per heavy atom. The van der Waals surface area contributed by atoms with Crippen molar-refractivity contribution in [2.24, 2.45) is 0 Å². The molecule has 0 radical (unpaired) electrons. The van der Waals surface area contributed by atoms with Gasteiger partial charge in [0.2, 0.25) is 0 Å². The van der Waals surface area contributed by atoms with Crippen LogP contribution >= 0.6 is 11.3 Å². The van der Waals surface area contributed by atoms with Gasteiger partial charge in [-0.25, -0.2) is 8.42 Å². The molecule has 0 saturated carbocycles. The van der Waals surface area contributed by atoms with E-state index >= 15 is 0 Å². The van der Waals surface area contributed by atoms with Crippen LogP contribution in [0.2, 0.25) is 0 Å².